The molecule has 2 heterocycles. The highest BCUT2D eigenvalue weighted by Crippen LogP contribution is 2.27. The van der Waals surface area contributed by atoms with Gasteiger partial charge in [0.15, 0.2) is 0 Å². The first-order valence-corrected chi connectivity index (χ1v) is 10.5. The molecule has 1 aromatic carbocycles. The fourth-order valence-electron chi connectivity index (χ4n) is 4.33. The van der Waals surface area contributed by atoms with Crippen LogP contribution in [0.1, 0.15) is 50.6 Å². The van der Waals surface area contributed by atoms with Crippen LogP contribution >= 0.6 is 36.4 Å². The first kappa shape index (κ1) is 25.5. The van der Waals surface area contributed by atoms with Crippen LogP contribution in [-0.2, 0) is 4.79 Å². The van der Waals surface area contributed by atoms with E-state index in [4.69, 9.17) is 11.6 Å². The van der Waals surface area contributed by atoms with Crippen LogP contribution in [-0.4, -0.2) is 43.5 Å². The maximum Gasteiger partial charge on any atom is 0.220 e. The minimum absolute atomic E-state index is 0. The highest BCUT2D eigenvalue weighted by molar-refractivity contribution is 6.30. The summed E-state index contributed by atoms with van der Waals surface area (Å²) in [7, 11) is 0. The topological polar surface area (TPSA) is 44.4 Å². The molecule has 2 N–H and O–H groups in total. The number of likely N-dealkylation sites (tertiary alicyclic amines) is 1. The fourth-order valence-corrected chi connectivity index (χ4v) is 4.53. The van der Waals surface area contributed by atoms with Gasteiger partial charge in [-0.05, 0) is 81.4 Å². The van der Waals surface area contributed by atoms with Crippen LogP contribution in [0.25, 0.3) is 0 Å². The minimum atomic E-state index is 0. The molecule has 0 aromatic heterocycles. The molecule has 1 aromatic rings. The summed E-state index contributed by atoms with van der Waals surface area (Å²) in [6, 6.07) is 8.28. The third-order valence-electron chi connectivity index (χ3n) is 5.95. The first-order chi connectivity index (χ1) is 12.6. The summed E-state index contributed by atoms with van der Waals surface area (Å²) in [6.45, 7) is 7.23. The van der Waals surface area contributed by atoms with Gasteiger partial charge in [0.2, 0.25) is 5.91 Å². The van der Waals surface area contributed by atoms with Crippen molar-refractivity contribution in [1.29, 1.82) is 0 Å². The molecule has 0 aliphatic carbocycles. The van der Waals surface area contributed by atoms with E-state index in [-0.39, 0.29) is 36.8 Å². The molecule has 28 heavy (non-hydrogen) atoms. The summed E-state index contributed by atoms with van der Waals surface area (Å²) in [6.07, 6.45) is 5.55. The number of hydrogen-bond acceptors (Lipinski definition) is 3. The molecule has 2 aliphatic heterocycles. The van der Waals surface area contributed by atoms with E-state index < -0.39 is 0 Å². The molecule has 0 saturated carbocycles. The molecule has 2 aliphatic rings. The van der Waals surface area contributed by atoms with Gasteiger partial charge in [0.1, 0.15) is 0 Å². The molecule has 1 amide bonds. The standard InChI is InChI=1S/C21H32ClN3O.2ClH/c1-16(18-7-5-9-23-14-18)12-21(26)24-15-20(25-10-2-3-11-25)17-6-4-8-19(22)13-17;;/h4,6,8,13,16,18,20,23H,2-3,5,7,9-12,14-15H2,1H3,(H,24,26);2*1H. The average molecular weight is 451 g/mol. The average Bonchev–Trinajstić information content (AvgIpc) is 3.17. The molecular weight excluding hydrogens is 417 g/mol. The van der Waals surface area contributed by atoms with Crippen LogP contribution < -0.4 is 10.6 Å². The Morgan fingerprint density at radius 3 is 2.68 bits per heavy atom. The lowest BCUT2D eigenvalue weighted by atomic mass is 9.85. The van der Waals surface area contributed by atoms with Crippen LogP contribution in [0, 0.1) is 11.8 Å². The predicted octanol–water partition coefficient (Wildman–Crippen LogP) is 4.46. The van der Waals surface area contributed by atoms with Crippen LogP contribution in [0.5, 0.6) is 0 Å². The number of nitrogens with one attached hydrogen (secondary N) is 2. The Hall–Kier alpha value is -0.520. The Bertz CT molecular complexity index is 590. The van der Waals surface area contributed by atoms with Gasteiger partial charge in [0.25, 0.3) is 0 Å². The van der Waals surface area contributed by atoms with Gasteiger partial charge in [-0.3, -0.25) is 9.69 Å². The monoisotopic (exact) mass is 449 g/mol. The van der Waals surface area contributed by atoms with Crippen molar-refractivity contribution in [2.24, 2.45) is 11.8 Å². The number of halogens is 3. The molecule has 0 bridgehead atoms. The van der Waals surface area contributed by atoms with Gasteiger partial charge in [0, 0.05) is 18.0 Å². The Kier molecular flexibility index (Phi) is 11.8. The molecule has 0 spiro atoms. The second kappa shape index (κ2) is 12.9. The Labute approximate surface area is 187 Å². The summed E-state index contributed by atoms with van der Waals surface area (Å²) >= 11 is 6.20. The third kappa shape index (κ3) is 7.38. The first-order valence-electron chi connectivity index (χ1n) is 10.1. The van der Waals surface area contributed by atoms with Gasteiger partial charge < -0.3 is 10.6 Å². The second-order valence-electron chi connectivity index (χ2n) is 7.91. The maximum atomic E-state index is 12.5. The van der Waals surface area contributed by atoms with Crippen molar-refractivity contribution >= 4 is 42.3 Å². The molecule has 3 atom stereocenters. The van der Waals surface area contributed by atoms with Gasteiger partial charge in [-0.1, -0.05) is 30.7 Å². The summed E-state index contributed by atoms with van der Waals surface area (Å²) in [5, 5.41) is 7.42. The number of carbonyl (C=O) groups excluding carboxylic acids is 1. The summed E-state index contributed by atoms with van der Waals surface area (Å²) in [4.78, 5) is 15.0. The van der Waals surface area contributed by atoms with Crippen molar-refractivity contribution < 1.29 is 4.79 Å². The molecule has 3 unspecified atom stereocenters. The van der Waals surface area contributed by atoms with E-state index in [1.54, 1.807) is 0 Å². The van der Waals surface area contributed by atoms with E-state index >= 15 is 0 Å². The molecule has 2 saturated heterocycles. The zero-order valence-corrected chi connectivity index (χ0v) is 19.1. The quantitative estimate of drug-likeness (QED) is 0.644. The van der Waals surface area contributed by atoms with Gasteiger partial charge in [-0.25, -0.2) is 0 Å². The number of carbonyl (C=O) groups is 1. The van der Waals surface area contributed by atoms with E-state index in [1.165, 1.54) is 31.2 Å². The highest BCUT2D eigenvalue weighted by atomic mass is 35.5. The number of hydrogen-bond donors (Lipinski definition) is 2. The SMILES string of the molecule is CC(CC(=O)NCC(c1cccc(Cl)c1)N1CCCC1)C1CCCNC1.Cl.Cl. The molecule has 3 rings (SSSR count). The smallest absolute Gasteiger partial charge is 0.220 e. The van der Waals surface area contributed by atoms with E-state index in [9.17, 15) is 4.79 Å². The van der Waals surface area contributed by atoms with Crippen LogP contribution in [0.3, 0.4) is 0 Å². The molecule has 160 valence electrons. The molecule has 7 heteroatoms. The van der Waals surface area contributed by atoms with Crippen LogP contribution in [0.4, 0.5) is 0 Å². The Balaban J connectivity index is 0.00000196. The number of benzene rings is 1. The van der Waals surface area contributed by atoms with E-state index in [2.05, 4.69) is 28.5 Å². The van der Waals surface area contributed by atoms with E-state index in [0.29, 0.717) is 24.8 Å². The van der Waals surface area contributed by atoms with Crippen molar-refractivity contribution in [3.8, 4) is 0 Å². The van der Waals surface area contributed by atoms with Gasteiger partial charge >= 0.3 is 0 Å². The summed E-state index contributed by atoms with van der Waals surface area (Å²) in [5.74, 6) is 1.23. The lowest BCUT2D eigenvalue weighted by molar-refractivity contribution is -0.122. The lowest BCUT2D eigenvalue weighted by Gasteiger charge is -2.30. The Morgan fingerprint density at radius 2 is 2.04 bits per heavy atom. The zero-order chi connectivity index (χ0) is 18.4. The van der Waals surface area contributed by atoms with Gasteiger partial charge in [0.05, 0.1) is 6.04 Å². The number of piperidine rings is 1. The maximum absolute atomic E-state index is 12.5. The van der Waals surface area contributed by atoms with Gasteiger partial charge in [-0.2, -0.15) is 0 Å². The lowest BCUT2D eigenvalue weighted by Crippen LogP contribution is -2.39. The van der Waals surface area contributed by atoms with E-state index in [0.717, 1.165) is 31.2 Å². The Morgan fingerprint density at radius 1 is 1.29 bits per heavy atom. The van der Waals surface area contributed by atoms with Crippen molar-refractivity contribution in [2.75, 3.05) is 32.7 Å². The van der Waals surface area contributed by atoms with Crippen molar-refractivity contribution in [2.45, 2.75) is 45.1 Å². The predicted molar refractivity (Wildman–Crippen MR) is 122 cm³/mol. The number of rotatable bonds is 7. The second-order valence-corrected chi connectivity index (χ2v) is 8.34. The van der Waals surface area contributed by atoms with E-state index in [1.807, 2.05) is 18.2 Å². The number of amides is 1. The number of nitrogens with zero attached hydrogens (tertiary/aromatic N) is 1. The molecule has 2 fully saturated rings. The molecule has 0 radical (unpaired) electrons. The van der Waals surface area contributed by atoms with Crippen molar-refractivity contribution in [3.63, 3.8) is 0 Å². The molecular formula is C21H34Cl3N3O. The minimum Gasteiger partial charge on any atom is -0.354 e. The van der Waals surface area contributed by atoms with Crippen molar-refractivity contribution in [3.05, 3.63) is 34.9 Å². The normalized spacial score (nSPS) is 21.9. The fraction of sp³-hybridized carbons (Fsp3) is 0.667. The van der Waals surface area contributed by atoms with Crippen LogP contribution in [0.2, 0.25) is 5.02 Å². The van der Waals surface area contributed by atoms with Gasteiger partial charge in [-0.15, -0.1) is 24.8 Å². The summed E-state index contributed by atoms with van der Waals surface area (Å²) in [5.41, 5.74) is 1.20. The zero-order valence-electron chi connectivity index (χ0n) is 16.7. The highest BCUT2D eigenvalue weighted by Gasteiger charge is 2.26. The molecule has 4 nitrogen and oxygen atoms in total. The van der Waals surface area contributed by atoms with Crippen LogP contribution in [0.15, 0.2) is 24.3 Å². The van der Waals surface area contributed by atoms with Crippen molar-refractivity contribution in [1.82, 2.24) is 15.5 Å². The third-order valence-corrected chi connectivity index (χ3v) is 6.19. The summed E-state index contributed by atoms with van der Waals surface area (Å²) < 4.78 is 0. The largest absolute Gasteiger partial charge is 0.354 e.